The zero-order chi connectivity index (χ0) is 16.2. The van der Waals surface area contributed by atoms with Crippen LogP contribution < -0.4 is 10.1 Å². The highest BCUT2D eigenvalue weighted by Crippen LogP contribution is 2.19. The van der Waals surface area contributed by atoms with Crippen LogP contribution in [-0.2, 0) is 11.3 Å². The second-order valence-electron chi connectivity index (χ2n) is 5.28. The van der Waals surface area contributed by atoms with Gasteiger partial charge in [-0.25, -0.2) is 0 Å². The highest BCUT2D eigenvalue weighted by molar-refractivity contribution is 5.83. The Hall–Kier alpha value is -2.79. The van der Waals surface area contributed by atoms with Crippen molar-refractivity contribution in [1.29, 1.82) is 0 Å². The van der Waals surface area contributed by atoms with Crippen molar-refractivity contribution in [3.8, 4) is 5.75 Å². The molecule has 0 bridgehead atoms. The Kier molecular flexibility index (Phi) is 4.30. The van der Waals surface area contributed by atoms with Crippen LogP contribution in [-0.4, -0.2) is 23.1 Å². The molecule has 5 nitrogen and oxygen atoms in total. The van der Waals surface area contributed by atoms with Crippen molar-refractivity contribution in [1.82, 2.24) is 10.3 Å². The lowest BCUT2D eigenvalue weighted by atomic mass is 10.1. The molecule has 118 valence electrons. The van der Waals surface area contributed by atoms with E-state index in [-0.39, 0.29) is 0 Å². The molecule has 1 atom stereocenters. The van der Waals surface area contributed by atoms with Gasteiger partial charge in [-0.2, -0.15) is 0 Å². The maximum absolute atomic E-state index is 12.1. The fourth-order valence-electron chi connectivity index (χ4n) is 2.47. The van der Waals surface area contributed by atoms with Crippen LogP contribution in [0.3, 0.4) is 0 Å². The number of aromatic nitrogens is 1. The molecule has 0 radical (unpaired) electrons. The molecule has 1 amide bonds. The lowest BCUT2D eigenvalue weighted by Gasteiger charge is -2.12. The predicted molar refractivity (Wildman–Crippen MR) is 88.1 cm³/mol. The van der Waals surface area contributed by atoms with Crippen molar-refractivity contribution in [3.63, 3.8) is 0 Å². The normalized spacial score (nSPS) is 12.1. The van der Waals surface area contributed by atoms with E-state index >= 15 is 0 Å². The fourth-order valence-corrected chi connectivity index (χ4v) is 2.47. The maximum Gasteiger partial charge on any atom is 0.253 e. The summed E-state index contributed by atoms with van der Waals surface area (Å²) in [5.74, 6) is 0.155. The van der Waals surface area contributed by atoms with Gasteiger partial charge in [-0.15, -0.1) is 0 Å². The van der Waals surface area contributed by atoms with Crippen molar-refractivity contribution in [2.45, 2.75) is 12.6 Å². The van der Waals surface area contributed by atoms with Gasteiger partial charge < -0.3 is 20.1 Å². The molecule has 1 heterocycles. The van der Waals surface area contributed by atoms with E-state index < -0.39 is 12.0 Å². The second-order valence-corrected chi connectivity index (χ2v) is 5.28. The van der Waals surface area contributed by atoms with Crippen molar-refractivity contribution in [2.24, 2.45) is 0 Å². The van der Waals surface area contributed by atoms with E-state index in [1.54, 1.807) is 31.4 Å². The standard InChI is InChI=1S/C18H18N2O3/c1-23-15-7-4-6-13(10-15)17(21)18(22)19-11-14-9-12-5-2-3-8-16(12)20-14/h2-10,17,20-21H,11H2,1H3,(H,19,22). The lowest BCUT2D eigenvalue weighted by molar-refractivity contribution is -0.129. The molecule has 2 aromatic carbocycles. The van der Waals surface area contributed by atoms with Gasteiger partial charge in [0.15, 0.2) is 6.10 Å². The van der Waals surface area contributed by atoms with E-state index in [4.69, 9.17) is 4.74 Å². The summed E-state index contributed by atoms with van der Waals surface area (Å²) in [6.45, 7) is 0.328. The van der Waals surface area contributed by atoms with E-state index in [9.17, 15) is 9.90 Å². The first kappa shape index (κ1) is 15.1. The van der Waals surface area contributed by atoms with Crippen LogP contribution in [0.5, 0.6) is 5.75 Å². The van der Waals surface area contributed by atoms with E-state index in [1.807, 2.05) is 30.3 Å². The number of methoxy groups -OCH3 is 1. The van der Waals surface area contributed by atoms with Gasteiger partial charge in [-0.05, 0) is 35.2 Å². The lowest BCUT2D eigenvalue weighted by Crippen LogP contribution is -2.28. The number of aromatic amines is 1. The number of H-pyrrole nitrogens is 1. The molecule has 0 aliphatic rings. The monoisotopic (exact) mass is 310 g/mol. The molecule has 1 unspecified atom stereocenters. The highest BCUT2D eigenvalue weighted by atomic mass is 16.5. The van der Waals surface area contributed by atoms with Crippen LogP contribution in [0.15, 0.2) is 54.6 Å². The number of nitrogens with one attached hydrogen (secondary N) is 2. The minimum absolute atomic E-state index is 0.328. The molecule has 0 saturated carbocycles. The summed E-state index contributed by atoms with van der Waals surface area (Å²) in [5, 5.41) is 14.0. The molecule has 3 rings (SSSR count). The molecule has 0 aliphatic heterocycles. The van der Waals surface area contributed by atoms with Gasteiger partial charge in [0.1, 0.15) is 5.75 Å². The third-order valence-electron chi connectivity index (χ3n) is 3.70. The summed E-state index contributed by atoms with van der Waals surface area (Å²) in [7, 11) is 1.54. The molecule has 0 aliphatic carbocycles. The largest absolute Gasteiger partial charge is 0.497 e. The highest BCUT2D eigenvalue weighted by Gasteiger charge is 2.17. The quantitative estimate of drug-likeness (QED) is 0.678. The van der Waals surface area contributed by atoms with Gasteiger partial charge in [0, 0.05) is 11.2 Å². The third kappa shape index (κ3) is 3.35. The van der Waals surface area contributed by atoms with Crippen LogP contribution in [0.25, 0.3) is 10.9 Å². The Morgan fingerprint density at radius 2 is 2.04 bits per heavy atom. The molecule has 3 aromatic rings. The van der Waals surface area contributed by atoms with Crippen molar-refractivity contribution in [3.05, 3.63) is 65.9 Å². The molecule has 0 saturated heterocycles. The zero-order valence-electron chi connectivity index (χ0n) is 12.7. The van der Waals surface area contributed by atoms with E-state index in [0.29, 0.717) is 17.9 Å². The summed E-state index contributed by atoms with van der Waals surface area (Å²) >= 11 is 0. The maximum atomic E-state index is 12.1. The zero-order valence-corrected chi connectivity index (χ0v) is 12.7. The summed E-state index contributed by atoms with van der Waals surface area (Å²) < 4.78 is 5.10. The summed E-state index contributed by atoms with van der Waals surface area (Å²) in [6.07, 6.45) is -1.23. The van der Waals surface area contributed by atoms with Gasteiger partial charge >= 0.3 is 0 Å². The number of aliphatic hydroxyl groups is 1. The van der Waals surface area contributed by atoms with E-state index in [0.717, 1.165) is 16.6 Å². The van der Waals surface area contributed by atoms with Gasteiger partial charge in [-0.3, -0.25) is 4.79 Å². The molecule has 0 fully saturated rings. The number of para-hydroxylation sites is 1. The molecule has 3 N–H and O–H groups in total. The number of hydrogen-bond donors (Lipinski definition) is 3. The number of fused-ring (bicyclic) bond motifs is 1. The fraction of sp³-hybridized carbons (Fsp3) is 0.167. The number of rotatable bonds is 5. The number of carbonyl (C=O) groups is 1. The van der Waals surface area contributed by atoms with Crippen LogP contribution in [0.1, 0.15) is 17.4 Å². The van der Waals surface area contributed by atoms with Gasteiger partial charge in [0.05, 0.1) is 13.7 Å². The van der Waals surface area contributed by atoms with Crippen molar-refractivity contribution < 1.29 is 14.6 Å². The van der Waals surface area contributed by atoms with E-state index in [1.165, 1.54) is 0 Å². The third-order valence-corrected chi connectivity index (χ3v) is 3.70. The number of aliphatic hydroxyl groups excluding tert-OH is 1. The Bertz CT molecular complexity index is 793. The molecule has 23 heavy (non-hydrogen) atoms. The minimum atomic E-state index is -1.23. The average Bonchev–Trinajstić information content (AvgIpc) is 3.02. The molecule has 5 heteroatoms. The van der Waals surface area contributed by atoms with Crippen LogP contribution in [0, 0.1) is 0 Å². The Morgan fingerprint density at radius 1 is 1.22 bits per heavy atom. The predicted octanol–water partition coefficient (Wildman–Crippen LogP) is 2.53. The van der Waals surface area contributed by atoms with E-state index in [2.05, 4.69) is 10.3 Å². The topological polar surface area (TPSA) is 74.3 Å². The summed E-state index contributed by atoms with van der Waals surface area (Å²) in [4.78, 5) is 15.3. The number of ether oxygens (including phenoxy) is 1. The van der Waals surface area contributed by atoms with Crippen molar-refractivity contribution >= 4 is 16.8 Å². The van der Waals surface area contributed by atoms with Crippen molar-refractivity contribution in [2.75, 3.05) is 7.11 Å². The minimum Gasteiger partial charge on any atom is -0.497 e. The first-order valence-corrected chi connectivity index (χ1v) is 7.34. The van der Waals surface area contributed by atoms with Crippen LogP contribution in [0.2, 0.25) is 0 Å². The van der Waals surface area contributed by atoms with Gasteiger partial charge in [-0.1, -0.05) is 30.3 Å². The second kappa shape index (κ2) is 6.54. The van der Waals surface area contributed by atoms with Crippen LogP contribution in [0.4, 0.5) is 0 Å². The smallest absolute Gasteiger partial charge is 0.253 e. The first-order valence-electron chi connectivity index (χ1n) is 7.34. The summed E-state index contributed by atoms with van der Waals surface area (Å²) in [5.41, 5.74) is 2.40. The summed E-state index contributed by atoms with van der Waals surface area (Å²) in [6, 6.07) is 16.7. The number of amides is 1. The van der Waals surface area contributed by atoms with Gasteiger partial charge in [0.25, 0.3) is 5.91 Å². The molecular formula is C18H18N2O3. The van der Waals surface area contributed by atoms with Crippen LogP contribution >= 0.6 is 0 Å². The molecule has 1 aromatic heterocycles. The number of carbonyl (C=O) groups excluding carboxylic acids is 1. The molecular weight excluding hydrogens is 292 g/mol. The Labute approximate surface area is 133 Å². The first-order chi connectivity index (χ1) is 11.2. The number of benzene rings is 2. The SMILES string of the molecule is COc1cccc(C(O)C(=O)NCc2cc3ccccc3[nH]2)c1. The number of hydrogen-bond acceptors (Lipinski definition) is 3. The average molecular weight is 310 g/mol. The van der Waals surface area contributed by atoms with Gasteiger partial charge in [0.2, 0.25) is 0 Å². The Balaban J connectivity index is 1.66. The molecule has 0 spiro atoms. The Morgan fingerprint density at radius 3 is 2.83 bits per heavy atom.